The monoisotopic (exact) mass is 311 g/mol. The lowest BCUT2D eigenvalue weighted by Gasteiger charge is -2.22. The average Bonchev–Trinajstić information content (AvgIpc) is 2.74. The first kappa shape index (κ1) is 12.3. The van der Waals surface area contributed by atoms with Crippen LogP contribution in [0.2, 0.25) is 0 Å². The highest BCUT2D eigenvalue weighted by Crippen LogP contribution is 2.24. The first-order valence-corrected chi connectivity index (χ1v) is 7.23. The van der Waals surface area contributed by atoms with Crippen LogP contribution >= 0.6 is 15.9 Å². The van der Waals surface area contributed by atoms with Crippen molar-refractivity contribution in [2.24, 2.45) is 0 Å². The van der Waals surface area contributed by atoms with Crippen LogP contribution in [0.15, 0.2) is 4.73 Å². The van der Waals surface area contributed by atoms with E-state index in [0.717, 1.165) is 38.4 Å². The summed E-state index contributed by atoms with van der Waals surface area (Å²) in [6, 6.07) is 0.503. The van der Waals surface area contributed by atoms with E-state index in [9.17, 15) is 0 Å². The smallest absolute Gasteiger partial charge is 0.198 e. The van der Waals surface area contributed by atoms with E-state index in [4.69, 9.17) is 0 Å². The van der Waals surface area contributed by atoms with Crippen molar-refractivity contribution >= 4 is 21.7 Å². The van der Waals surface area contributed by atoms with E-state index in [0.29, 0.717) is 10.8 Å². The van der Waals surface area contributed by atoms with E-state index in [-0.39, 0.29) is 0 Å². The van der Waals surface area contributed by atoms with Gasteiger partial charge in [-0.2, -0.15) is 0 Å². The molecule has 0 radical (unpaired) electrons. The van der Waals surface area contributed by atoms with E-state index in [1.165, 1.54) is 17.7 Å². The maximum absolute atomic E-state index is 4.51. The third-order valence-electron chi connectivity index (χ3n) is 3.64. The van der Waals surface area contributed by atoms with Crippen molar-refractivity contribution in [2.45, 2.75) is 25.4 Å². The van der Waals surface area contributed by atoms with E-state index < -0.39 is 0 Å². The lowest BCUT2D eigenvalue weighted by atomic mass is 10.1. The zero-order valence-corrected chi connectivity index (χ0v) is 12.1. The molecule has 1 saturated heterocycles. The van der Waals surface area contributed by atoms with Gasteiger partial charge in [-0.3, -0.25) is 0 Å². The third-order valence-corrected chi connectivity index (χ3v) is 3.99. The molecular formula is C12H18BrN5. The molecule has 18 heavy (non-hydrogen) atoms. The zero-order chi connectivity index (χ0) is 12.5. The fraction of sp³-hybridized carbons (Fsp3) is 0.667. The molecule has 0 aromatic carbocycles. The lowest BCUT2D eigenvalue weighted by molar-refractivity contribution is 0.414. The zero-order valence-electron chi connectivity index (χ0n) is 10.5. The van der Waals surface area contributed by atoms with Crippen molar-refractivity contribution in [3.8, 4) is 0 Å². The van der Waals surface area contributed by atoms with Crippen LogP contribution in [0.25, 0.3) is 0 Å². The molecule has 0 spiro atoms. The van der Waals surface area contributed by atoms with Crippen LogP contribution in [0, 0.1) is 0 Å². The normalized spacial score (nSPS) is 24.0. The molecule has 98 valence electrons. The number of likely N-dealkylation sites (tertiary alicyclic amines) is 1. The van der Waals surface area contributed by atoms with Gasteiger partial charge in [0.1, 0.15) is 5.82 Å². The molecule has 0 aliphatic carbocycles. The van der Waals surface area contributed by atoms with Gasteiger partial charge in [0.25, 0.3) is 0 Å². The average molecular weight is 312 g/mol. The summed E-state index contributed by atoms with van der Waals surface area (Å²) in [6.45, 7) is 4.11. The summed E-state index contributed by atoms with van der Waals surface area (Å²) in [5, 5.41) is 6.97. The predicted octanol–water partition coefficient (Wildman–Crippen LogP) is 1.00. The molecule has 3 heterocycles. The molecule has 0 bridgehead atoms. The molecule has 2 aliphatic rings. The molecular weight excluding hydrogens is 294 g/mol. The van der Waals surface area contributed by atoms with Crippen molar-refractivity contribution in [2.75, 3.05) is 32.0 Å². The fourth-order valence-electron chi connectivity index (χ4n) is 2.68. The highest BCUT2D eigenvalue weighted by Gasteiger charge is 2.23. The minimum Gasteiger partial charge on any atom is -0.366 e. The largest absolute Gasteiger partial charge is 0.366 e. The SMILES string of the molecule is CN1CCC(Nc2nc(Br)nc3c2CNCC3)C1. The number of halogens is 1. The van der Waals surface area contributed by atoms with E-state index in [1.807, 2.05) is 0 Å². The molecule has 0 saturated carbocycles. The minimum absolute atomic E-state index is 0.503. The Hall–Kier alpha value is -0.720. The Bertz CT molecular complexity index is 450. The van der Waals surface area contributed by atoms with E-state index >= 15 is 0 Å². The molecule has 3 rings (SSSR count). The van der Waals surface area contributed by atoms with Gasteiger partial charge in [0, 0.05) is 37.7 Å². The van der Waals surface area contributed by atoms with Gasteiger partial charge in [-0.05, 0) is 35.9 Å². The maximum atomic E-state index is 4.51. The van der Waals surface area contributed by atoms with Crippen LogP contribution in [0.1, 0.15) is 17.7 Å². The van der Waals surface area contributed by atoms with Crippen molar-refractivity contribution < 1.29 is 0 Å². The summed E-state index contributed by atoms with van der Waals surface area (Å²) in [4.78, 5) is 11.3. The maximum Gasteiger partial charge on any atom is 0.198 e. The summed E-state index contributed by atoms with van der Waals surface area (Å²) in [5.41, 5.74) is 2.41. The Morgan fingerprint density at radius 3 is 3.11 bits per heavy atom. The number of aromatic nitrogens is 2. The van der Waals surface area contributed by atoms with Crippen LogP contribution in [0.3, 0.4) is 0 Å². The summed E-state index contributed by atoms with van der Waals surface area (Å²) in [5.74, 6) is 0.999. The van der Waals surface area contributed by atoms with Crippen molar-refractivity contribution in [1.29, 1.82) is 0 Å². The fourth-order valence-corrected chi connectivity index (χ4v) is 3.07. The molecule has 1 fully saturated rings. The Balaban J connectivity index is 1.84. The first-order chi connectivity index (χ1) is 8.72. The molecule has 5 nitrogen and oxygen atoms in total. The molecule has 6 heteroatoms. The second-order valence-corrected chi connectivity index (χ2v) is 5.79. The topological polar surface area (TPSA) is 53.1 Å². The Morgan fingerprint density at radius 2 is 2.33 bits per heavy atom. The van der Waals surface area contributed by atoms with Gasteiger partial charge in [0.05, 0.1) is 5.69 Å². The van der Waals surface area contributed by atoms with Crippen LogP contribution in [-0.4, -0.2) is 47.6 Å². The standard InChI is InChI=1S/C12H18BrN5/c1-18-5-3-8(7-18)15-11-9-6-14-4-2-10(9)16-12(13)17-11/h8,14H,2-7H2,1H3,(H,15,16,17). The third kappa shape index (κ3) is 2.50. The highest BCUT2D eigenvalue weighted by molar-refractivity contribution is 9.10. The van der Waals surface area contributed by atoms with Gasteiger partial charge < -0.3 is 15.5 Å². The van der Waals surface area contributed by atoms with Gasteiger partial charge in [0.15, 0.2) is 4.73 Å². The number of hydrogen-bond donors (Lipinski definition) is 2. The van der Waals surface area contributed by atoms with Gasteiger partial charge >= 0.3 is 0 Å². The highest BCUT2D eigenvalue weighted by atomic mass is 79.9. The number of nitrogens with zero attached hydrogens (tertiary/aromatic N) is 3. The summed E-state index contributed by atoms with van der Waals surface area (Å²) in [7, 11) is 2.16. The summed E-state index contributed by atoms with van der Waals surface area (Å²) < 4.78 is 0.692. The van der Waals surface area contributed by atoms with Gasteiger partial charge in [-0.25, -0.2) is 9.97 Å². The quantitative estimate of drug-likeness (QED) is 0.798. The second kappa shape index (κ2) is 5.11. The van der Waals surface area contributed by atoms with Gasteiger partial charge in [-0.15, -0.1) is 0 Å². The lowest BCUT2D eigenvalue weighted by Crippen LogP contribution is -2.29. The van der Waals surface area contributed by atoms with Crippen molar-refractivity contribution in [3.63, 3.8) is 0 Å². The Kier molecular flexibility index (Phi) is 3.50. The first-order valence-electron chi connectivity index (χ1n) is 6.43. The van der Waals surface area contributed by atoms with Gasteiger partial charge in [-0.1, -0.05) is 0 Å². The predicted molar refractivity (Wildman–Crippen MR) is 74.7 cm³/mol. The summed E-state index contributed by atoms with van der Waals surface area (Å²) in [6.07, 6.45) is 2.16. The number of nitrogens with one attached hydrogen (secondary N) is 2. The number of anilines is 1. The van der Waals surface area contributed by atoms with Crippen molar-refractivity contribution in [3.05, 3.63) is 16.0 Å². The minimum atomic E-state index is 0.503. The van der Waals surface area contributed by atoms with Crippen LogP contribution in [0.4, 0.5) is 5.82 Å². The Labute approximate surface area is 116 Å². The van der Waals surface area contributed by atoms with Crippen LogP contribution in [-0.2, 0) is 13.0 Å². The number of fused-ring (bicyclic) bond motifs is 1. The van der Waals surface area contributed by atoms with Crippen LogP contribution < -0.4 is 10.6 Å². The molecule has 2 aliphatic heterocycles. The molecule has 1 aromatic heterocycles. The van der Waals surface area contributed by atoms with E-state index in [1.54, 1.807) is 0 Å². The molecule has 1 unspecified atom stereocenters. The van der Waals surface area contributed by atoms with Crippen molar-refractivity contribution in [1.82, 2.24) is 20.2 Å². The number of likely N-dealkylation sites (N-methyl/N-ethyl adjacent to an activating group) is 1. The summed E-state index contributed by atoms with van der Waals surface area (Å²) >= 11 is 3.41. The van der Waals surface area contributed by atoms with Gasteiger partial charge in [0.2, 0.25) is 0 Å². The number of hydrogen-bond acceptors (Lipinski definition) is 5. The molecule has 2 N–H and O–H groups in total. The Morgan fingerprint density at radius 1 is 1.44 bits per heavy atom. The van der Waals surface area contributed by atoms with Crippen LogP contribution in [0.5, 0.6) is 0 Å². The molecule has 0 amide bonds. The van der Waals surface area contributed by atoms with E-state index in [2.05, 4.69) is 48.5 Å². The second-order valence-electron chi connectivity index (χ2n) is 5.09. The molecule has 1 atom stereocenters. The number of rotatable bonds is 2. The molecule has 1 aromatic rings.